The van der Waals surface area contributed by atoms with Gasteiger partial charge in [-0.25, -0.2) is 4.79 Å². The van der Waals surface area contributed by atoms with Crippen LogP contribution in [0.25, 0.3) is 0 Å². The molecule has 0 spiro atoms. The Bertz CT molecular complexity index is 530. The second-order valence-electron chi connectivity index (χ2n) is 5.67. The van der Waals surface area contributed by atoms with Crippen molar-refractivity contribution in [1.82, 2.24) is 5.32 Å². The minimum absolute atomic E-state index is 0.0834. The molecule has 0 aliphatic carbocycles. The molecule has 1 rings (SSSR count). The Morgan fingerprint density at radius 3 is 2.19 bits per heavy atom. The first kappa shape index (κ1) is 17.2. The van der Waals surface area contributed by atoms with Gasteiger partial charge in [-0.2, -0.15) is 0 Å². The fourth-order valence-corrected chi connectivity index (χ4v) is 2.44. The standard InChI is InChI=1S/C16H23NO4/c1-10-6-11(2)13(12(3)7-10)8-14(18)17-16(4,9-21-5)15(19)20/h6-7H,8-9H2,1-5H3,(H,17,18)(H,19,20). The summed E-state index contributed by atoms with van der Waals surface area (Å²) in [5.74, 6) is -1.44. The number of hydrogen-bond donors (Lipinski definition) is 2. The fourth-order valence-electron chi connectivity index (χ4n) is 2.44. The van der Waals surface area contributed by atoms with Gasteiger partial charge in [-0.3, -0.25) is 4.79 Å². The fraction of sp³-hybridized carbons (Fsp3) is 0.500. The van der Waals surface area contributed by atoms with Crippen molar-refractivity contribution < 1.29 is 19.4 Å². The second kappa shape index (κ2) is 6.72. The number of nitrogens with one attached hydrogen (secondary N) is 1. The van der Waals surface area contributed by atoms with E-state index in [-0.39, 0.29) is 18.9 Å². The van der Waals surface area contributed by atoms with Crippen LogP contribution < -0.4 is 5.32 Å². The number of aliphatic carboxylic acids is 1. The Hall–Kier alpha value is -1.88. The number of aryl methyl sites for hydroxylation is 3. The summed E-state index contributed by atoms with van der Waals surface area (Å²) in [6, 6.07) is 4.03. The van der Waals surface area contributed by atoms with Crippen molar-refractivity contribution in [2.75, 3.05) is 13.7 Å². The highest BCUT2D eigenvalue weighted by Gasteiger charge is 2.35. The molecule has 1 amide bonds. The monoisotopic (exact) mass is 293 g/mol. The van der Waals surface area contributed by atoms with E-state index in [1.54, 1.807) is 0 Å². The quantitative estimate of drug-likeness (QED) is 0.838. The van der Waals surface area contributed by atoms with Crippen molar-refractivity contribution in [3.05, 3.63) is 34.4 Å². The zero-order valence-corrected chi connectivity index (χ0v) is 13.2. The van der Waals surface area contributed by atoms with Crippen LogP contribution in [0.2, 0.25) is 0 Å². The van der Waals surface area contributed by atoms with Crippen LogP contribution in [0.5, 0.6) is 0 Å². The number of ether oxygens (including phenoxy) is 1. The third-order valence-corrected chi connectivity index (χ3v) is 3.50. The molecule has 1 aromatic rings. The lowest BCUT2D eigenvalue weighted by Crippen LogP contribution is -2.55. The smallest absolute Gasteiger partial charge is 0.331 e. The Kier molecular flexibility index (Phi) is 5.49. The van der Waals surface area contributed by atoms with Crippen molar-refractivity contribution in [3.8, 4) is 0 Å². The summed E-state index contributed by atoms with van der Waals surface area (Å²) in [4.78, 5) is 23.4. The van der Waals surface area contributed by atoms with Crippen molar-refractivity contribution in [3.63, 3.8) is 0 Å². The van der Waals surface area contributed by atoms with Crippen LogP contribution in [-0.4, -0.2) is 36.2 Å². The highest BCUT2D eigenvalue weighted by Crippen LogP contribution is 2.17. The number of rotatable bonds is 6. The number of carboxylic acid groups (broad SMARTS) is 1. The van der Waals surface area contributed by atoms with Crippen LogP contribution in [-0.2, 0) is 20.7 Å². The highest BCUT2D eigenvalue weighted by atomic mass is 16.5. The maximum absolute atomic E-state index is 12.2. The molecular formula is C16H23NO4. The van der Waals surface area contributed by atoms with Gasteiger partial charge in [-0.15, -0.1) is 0 Å². The first-order chi connectivity index (χ1) is 9.69. The van der Waals surface area contributed by atoms with E-state index in [0.29, 0.717) is 0 Å². The minimum atomic E-state index is -1.42. The van der Waals surface area contributed by atoms with Crippen molar-refractivity contribution in [2.24, 2.45) is 0 Å². The number of benzene rings is 1. The van der Waals surface area contributed by atoms with Crippen molar-refractivity contribution in [2.45, 2.75) is 39.7 Å². The van der Waals surface area contributed by atoms with Gasteiger partial charge in [0.15, 0.2) is 5.54 Å². The van der Waals surface area contributed by atoms with Gasteiger partial charge in [0.25, 0.3) is 0 Å². The van der Waals surface area contributed by atoms with Crippen LogP contribution in [0.3, 0.4) is 0 Å². The molecule has 116 valence electrons. The lowest BCUT2D eigenvalue weighted by Gasteiger charge is -2.25. The summed E-state index contributed by atoms with van der Waals surface area (Å²) in [5.41, 5.74) is 2.73. The molecule has 1 atom stereocenters. The molecule has 0 aliphatic heterocycles. The number of methoxy groups -OCH3 is 1. The molecule has 21 heavy (non-hydrogen) atoms. The zero-order valence-electron chi connectivity index (χ0n) is 13.2. The third kappa shape index (κ3) is 4.29. The van der Waals surface area contributed by atoms with Gasteiger partial charge in [0.2, 0.25) is 5.91 Å². The van der Waals surface area contributed by atoms with Crippen LogP contribution in [0, 0.1) is 20.8 Å². The predicted octanol–water partition coefficient (Wildman–Crippen LogP) is 1.76. The molecule has 0 saturated carbocycles. The van der Waals surface area contributed by atoms with Gasteiger partial charge >= 0.3 is 5.97 Å². The average Bonchev–Trinajstić information content (AvgIpc) is 2.33. The van der Waals surface area contributed by atoms with Crippen molar-refractivity contribution in [1.29, 1.82) is 0 Å². The summed E-state index contributed by atoms with van der Waals surface area (Å²) in [5, 5.41) is 11.8. The lowest BCUT2D eigenvalue weighted by molar-refractivity contribution is -0.149. The normalized spacial score (nSPS) is 13.6. The summed E-state index contributed by atoms with van der Waals surface area (Å²) in [7, 11) is 1.40. The minimum Gasteiger partial charge on any atom is -0.479 e. The summed E-state index contributed by atoms with van der Waals surface area (Å²) in [6.45, 7) is 7.26. The van der Waals surface area contributed by atoms with E-state index < -0.39 is 11.5 Å². The van der Waals surface area contributed by atoms with Gasteiger partial charge in [0.1, 0.15) is 0 Å². The topological polar surface area (TPSA) is 75.6 Å². The van der Waals surface area contributed by atoms with E-state index in [4.69, 9.17) is 4.74 Å². The van der Waals surface area contributed by atoms with Gasteiger partial charge in [-0.05, 0) is 44.4 Å². The number of carbonyl (C=O) groups is 2. The maximum atomic E-state index is 12.2. The van der Waals surface area contributed by atoms with Crippen molar-refractivity contribution >= 4 is 11.9 Å². The van der Waals surface area contributed by atoms with Gasteiger partial charge in [0.05, 0.1) is 13.0 Å². The highest BCUT2D eigenvalue weighted by molar-refractivity contribution is 5.88. The molecule has 1 unspecified atom stereocenters. The average molecular weight is 293 g/mol. The summed E-state index contributed by atoms with van der Waals surface area (Å²) in [6.07, 6.45) is 0.157. The molecule has 0 radical (unpaired) electrons. The Labute approximate surface area is 125 Å². The van der Waals surface area contributed by atoms with Crippen LogP contribution in [0.1, 0.15) is 29.2 Å². The number of carbonyl (C=O) groups excluding carboxylic acids is 1. The van der Waals surface area contributed by atoms with Gasteiger partial charge in [-0.1, -0.05) is 17.7 Å². The van der Waals surface area contributed by atoms with E-state index in [0.717, 1.165) is 22.3 Å². The maximum Gasteiger partial charge on any atom is 0.331 e. The molecule has 0 fully saturated rings. The number of amides is 1. The van der Waals surface area contributed by atoms with Crippen LogP contribution in [0.15, 0.2) is 12.1 Å². The van der Waals surface area contributed by atoms with Crippen LogP contribution >= 0.6 is 0 Å². The molecule has 5 heteroatoms. The Morgan fingerprint density at radius 2 is 1.76 bits per heavy atom. The van der Waals surface area contributed by atoms with E-state index in [2.05, 4.69) is 5.32 Å². The largest absolute Gasteiger partial charge is 0.479 e. The Morgan fingerprint density at radius 1 is 1.24 bits per heavy atom. The molecule has 0 bridgehead atoms. The molecule has 0 saturated heterocycles. The lowest BCUT2D eigenvalue weighted by atomic mass is 9.96. The molecule has 1 aromatic carbocycles. The molecule has 2 N–H and O–H groups in total. The zero-order chi connectivity index (χ0) is 16.2. The SMILES string of the molecule is COCC(C)(NC(=O)Cc1c(C)cc(C)cc1C)C(=O)O. The molecule has 5 nitrogen and oxygen atoms in total. The number of hydrogen-bond acceptors (Lipinski definition) is 3. The molecular weight excluding hydrogens is 270 g/mol. The van der Waals surface area contributed by atoms with Gasteiger partial charge < -0.3 is 15.2 Å². The summed E-state index contributed by atoms with van der Waals surface area (Å²) < 4.78 is 4.89. The third-order valence-electron chi connectivity index (χ3n) is 3.50. The number of carboxylic acids is 1. The predicted molar refractivity (Wildman–Crippen MR) is 80.4 cm³/mol. The van der Waals surface area contributed by atoms with E-state index in [1.807, 2.05) is 32.9 Å². The van der Waals surface area contributed by atoms with E-state index >= 15 is 0 Å². The Balaban J connectivity index is 2.89. The molecule has 0 heterocycles. The molecule has 0 aliphatic rings. The first-order valence-electron chi connectivity index (χ1n) is 6.79. The van der Waals surface area contributed by atoms with E-state index in [9.17, 15) is 14.7 Å². The van der Waals surface area contributed by atoms with E-state index in [1.165, 1.54) is 14.0 Å². The second-order valence-corrected chi connectivity index (χ2v) is 5.67. The molecule has 0 aromatic heterocycles. The summed E-state index contributed by atoms with van der Waals surface area (Å²) >= 11 is 0. The first-order valence-corrected chi connectivity index (χ1v) is 6.79. The van der Waals surface area contributed by atoms with Gasteiger partial charge in [0, 0.05) is 7.11 Å². The van der Waals surface area contributed by atoms with Crippen LogP contribution in [0.4, 0.5) is 0 Å².